The van der Waals surface area contributed by atoms with E-state index >= 15 is 0 Å². The summed E-state index contributed by atoms with van der Waals surface area (Å²) in [4.78, 5) is 10.8. The molecule has 0 radical (unpaired) electrons. The fourth-order valence-electron chi connectivity index (χ4n) is 1.11. The van der Waals surface area contributed by atoms with Gasteiger partial charge in [-0.05, 0) is 12.1 Å². The third kappa shape index (κ3) is 2.89. The number of carbonyl (C=O) groups is 1. The second kappa shape index (κ2) is 5.40. The van der Waals surface area contributed by atoms with Gasteiger partial charge in [-0.1, -0.05) is 23.4 Å². The van der Waals surface area contributed by atoms with E-state index in [1.165, 1.54) is 12.1 Å². The standard InChI is InChI=1S/C11H10ClNO3/c12-8-5-7(3-1-2-4-14)10(13)9(6-8)11(15)16/h5-6,14H,2,4,13H2,(H,15,16). The van der Waals surface area contributed by atoms with Crippen molar-refractivity contribution in [2.75, 3.05) is 12.3 Å². The molecule has 0 aliphatic rings. The van der Waals surface area contributed by atoms with Gasteiger partial charge in [0.25, 0.3) is 0 Å². The van der Waals surface area contributed by atoms with Gasteiger partial charge in [-0.2, -0.15) is 0 Å². The predicted octanol–water partition coefficient (Wildman–Crippen LogP) is 1.35. The van der Waals surface area contributed by atoms with Gasteiger partial charge >= 0.3 is 5.97 Å². The van der Waals surface area contributed by atoms with Crippen molar-refractivity contribution in [3.8, 4) is 11.8 Å². The van der Waals surface area contributed by atoms with Gasteiger partial charge in [-0.25, -0.2) is 4.79 Å². The highest BCUT2D eigenvalue weighted by molar-refractivity contribution is 6.31. The molecule has 0 fully saturated rings. The minimum absolute atomic E-state index is 0.0563. The van der Waals surface area contributed by atoms with Gasteiger partial charge in [0.15, 0.2) is 0 Å². The van der Waals surface area contributed by atoms with Crippen LogP contribution in [0, 0.1) is 11.8 Å². The largest absolute Gasteiger partial charge is 0.478 e. The molecule has 0 unspecified atom stereocenters. The SMILES string of the molecule is Nc1c(C#CCCO)cc(Cl)cc1C(=O)O. The van der Waals surface area contributed by atoms with Gasteiger partial charge in [-0.3, -0.25) is 0 Å². The van der Waals surface area contributed by atoms with Crippen molar-refractivity contribution in [1.82, 2.24) is 0 Å². The lowest BCUT2D eigenvalue weighted by atomic mass is 10.1. The Morgan fingerprint density at radius 1 is 1.50 bits per heavy atom. The average Bonchev–Trinajstić information content (AvgIpc) is 2.22. The normalized spacial score (nSPS) is 9.38. The third-order valence-electron chi connectivity index (χ3n) is 1.84. The zero-order chi connectivity index (χ0) is 12.1. The first kappa shape index (κ1) is 12.4. The van der Waals surface area contributed by atoms with Crippen LogP contribution in [0.1, 0.15) is 22.3 Å². The smallest absolute Gasteiger partial charge is 0.337 e. The van der Waals surface area contributed by atoms with Crippen LogP contribution < -0.4 is 5.73 Å². The molecule has 0 atom stereocenters. The molecule has 4 nitrogen and oxygen atoms in total. The van der Waals surface area contributed by atoms with Crippen molar-refractivity contribution in [2.24, 2.45) is 0 Å². The van der Waals surface area contributed by atoms with E-state index in [1.807, 2.05) is 0 Å². The lowest BCUT2D eigenvalue weighted by molar-refractivity contribution is 0.0698. The summed E-state index contributed by atoms with van der Waals surface area (Å²) >= 11 is 5.74. The van der Waals surface area contributed by atoms with Crippen LogP contribution in [0.25, 0.3) is 0 Å². The van der Waals surface area contributed by atoms with E-state index in [1.54, 1.807) is 0 Å². The van der Waals surface area contributed by atoms with Gasteiger partial charge in [0.2, 0.25) is 0 Å². The van der Waals surface area contributed by atoms with E-state index in [0.717, 1.165) is 0 Å². The van der Waals surface area contributed by atoms with Gasteiger partial charge in [0, 0.05) is 17.0 Å². The number of hydrogen-bond acceptors (Lipinski definition) is 3. The van der Waals surface area contributed by atoms with Crippen molar-refractivity contribution >= 4 is 23.3 Å². The molecule has 1 aromatic rings. The molecule has 5 heteroatoms. The number of aliphatic hydroxyl groups is 1. The van der Waals surface area contributed by atoms with Gasteiger partial charge < -0.3 is 15.9 Å². The van der Waals surface area contributed by atoms with Crippen LogP contribution in [0.3, 0.4) is 0 Å². The van der Waals surface area contributed by atoms with Crippen molar-refractivity contribution in [1.29, 1.82) is 0 Å². The molecular formula is C11H10ClNO3. The minimum Gasteiger partial charge on any atom is -0.478 e. The van der Waals surface area contributed by atoms with Crippen LogP contribution >= 0.6 is 11.6 Å². The van der Waals surface area contributed by atoms with Gasteiger partial charge in [0.1, 0.15) is 0 Å². The van der Waals surface area contributed by atoms with Gasteiger partial charge in [0.05, 0.1) is 17.9 Å². The van der Waals surface area contributed by atoms with Crippen molar-refractivity contribution in [3.05, 3.63) is 28.3 Å². The number of aromatic carboxylic acids is 1. The number of nitrogen functional groups attached to an aromatic ring is 1. The summed E-state index contributed by atoms with van der Waals surface area (Å²) in [5, 5.41) is 17.7. The quantitative estimate of drug-likeness (QED) is 0.537. The molecule has 16 heavy (non-hydrogen) atoms. The van der Waals surface area contributed by atoms with E-state index in [4.69, 9.17) is 27.5 Å². The van der Waals surface area contributed by atoms with E-state index in [2.05, 4.69) is 11.8 Å². The van der Waals surface area contributed by atoms with Crippen molar-refractivity contribution in [2.45, 2.75) is 6.42 Å². The van der Waals surface area contributed by atoms with Crippen molar-refractivity contribution in [3.63, 3.8) is 0 Å². The number of carboxylic acid groups (broad SMARTS) is 1. The second-order valence-corrected chi connectivity index (χ2v) is 3.43. The Kier molecular flexibility index (Phi) is 4.18. The number of hydrogen-bond donors (Lipinski definition) is 3. The Balaban J connectivity index is 3.21. The summed E-state index contributed by atoms with van der Waals surface area (Å²) in [7, 11) is 0. The van der Waals surface area contributed by atoms with E-state index in [9.17, 15) is 4.79 Å². The maximum Gasteiger partial charge on any atom is 0.337 e. The third-order valence-corrected chi connectivity index (χ3v) is 2.05. The molecule has 0 amide bonds. The van der Waals surface area contributed by atoms with Gasteiger partial charge in [-0.15, -0.1) is 0 Å². The van der Waals surface area contributed by atoms with Crippen LogP contribution in [0.15, 0.2) is 12.1 Å². The van der Waals surface area contributed by atoms with Crippen LogP contribution in [0.2, 0.25) is 5.02 Å². The summed E-state index contributed by atoms with van der Waals surface area (Å²) in [5.41, 5.74) is 6.01. The number of carboxylic acids is 1. The second-order valence-electron chi connectivity index (χ2n) is 3.00. The Morgan fingerprint density at radius 3 is 2.75 bits per heavy atom. The molecule has 0 spiro atoms. The maximum atomic E-state index is 10.8. The lowest BCUT2D eigenvalue weighted by Gasteiger charge is -2.04. The Morgan fingerprint density at radius 2 is 2.19 bits per heavy atom. The highest BCUT2D eigenvalue weighted by Gasteiger charge is 2.11. The molecule has 1 rings (SSSR count). The number of halogens is 1. The molecule has 84 valence electrons. The number of nitrogens with two attached hydrogens (primary N) is 1. The summed E-state index contributed by atoms with van der Waals surface area (Å²) in [6.45, 7) is -0.0563. The summed E-state index contributed by atoms with van der Waals surface area (Å²) in [6, 6.07) is 2.77. The first-order valence-electron chi connectivity index (χ1n) is 4.48. The predicted molar refractivity (Wildman–Crippen MR) is 61.4 cm³/mol. The molecule has 0 aliphatic heterocycles. The lowest BCUT2D eigenvalue weighted by Crippen LogP contribution is -2.04. The van der Waals surface area contributed by atoms with Crippen LogP contribution in [0.4, 0.5) is 5.69 Å². The molecule has 1 aromatic carbocycles. The Labute approximate surface area is 97.6 Å². The zero-order valence-corrected chi connectivity index (χ0v) is 9.08. The first-order chi connectivity index (χ1) is 7.56. The van der Waals surface area contributed by atoms with Crippen molar-refractivity contribution < 1.29 is 15.0 Å². The first-order valence-corrected chi connectivity index (χ1v) is 4.86. The van der Waals surface area contributed by atoms with E-state index < -0.39 is 5.97 Å². The molecule has 0 heterocycles. The van der Waals surface area contributed by atoms with Crippen LogP contribution in [-0.2, 0) is 0 Å². The Hall–Kier alpha value is -1.70. The van der Waals surface area contributed by atoms with E-state index in [0.29, 0.717) is 12.0 Å². The Bertz CT molecular complexity index is 474. The minimum atomic E-state index is -1.15. The number of rotatable bonds is 2. The molecular weight excluding hydrogens is 230 g/mol. The number of aliphatic hydroxyl groups excluding tert-OH is 1. The molecule has 4 N–H and O–H groups in total. The summed E-state index contributed by atoms with van der Waals surface area (Å²) in [6.07, 6.45) is 0.300. The molecule has 0 aromatic heterocycles. The molecule has 0 saturated carbocycles. The zero-order valence-electron chi connectivity index (χ0n) is 8.33. The molecule has 0 saturated heterocycles. The highest BCUT2D eigenvalue weighted by Crippen LogP contribution is 2.22. The number of benzene rings is 1. The molecule has 0 bridgehead atoms. The summed E-state index contributed by atoms with van der Waals surface area (Å²) < 4.78 is 0. The monoisotopic (exact) mass is 239 g/mol. The topological polar surface area (TPSA) is 83.5 Å². The fourth-order valence-corrected chi connectivity index (χ4v) is 1.33. The molecule has 0 aliphatic carbocycles. The number of anilines is 1. The fraction of sp³-hybridized carbons (Fsp3) is 0.182. The van der Waals surface area contributed by atoms with Crippen LogP contribution in [-0.4, -0.2) is 22.8 Å². The highest BCUT2D eigenvalue weighted by atomic mass is 35.5. The average molecular weight is 240 g/mol. The van der Waals surface area contributed by atoms with E-state index in [-0.39, 0.29) is 22.9 Å². The summed E-state index contributed by atoms with van der Waals surface area (Å²) in [5.74, 6) is 4.17. The maximum absolute atomic E-state index is 10.8. The van der Waals surface area contributed by atoms with Crippen LogP contribution in [0.5, 0.6) is 0 Å².